The number of carbonyl (C=O) groups is 1. The van der Waals surface area contributed by atoms with Crippen LogP contribution < -0.4 is 0 Å². The van der Waals surface area contributed by atoms with Crippen LogP contribution in [-0.2, 0) is 9.53 Å². The maximum Gasteiger partial charge on any atom is 0.240 e. The van der Waals surface area contributed by atoms with E-state index in [0.717, 1.165) is 26.3 Å². The molecule has 0 saturated carbocycles. The van der Waals surface area contributed by atoms with Crippen molar-refractivity contribution in [3.05, 3.63) is 0 Å². The lowest BCUT2D eigenvalue weighted by atomic mass is 10.0. The standard InChI is InChI=1S/C9H14ClNO2/c1-6(10)9(12)11-2-7-4-13-5-8(7)3-11/h6-8H,2-5H2,1H3/t6-,7-,8+/m0/s1. The van der Waals surface area contributed by atoms with E-state index in [0.29, 0.717) is 11.8 Å². The van der Waals surface area contributed by atoms with E-state index in [1.54, 1.807) is 6.92 Å². The molecule has 0 aliphatic carbocycles. The number of hydrogen-bond acceptors (Lipinski definition) is 2. The number of hydrogen-bond donors (Lipinski definition) is 0. The maximum absolute atomic E-state index is 11.5. The molecule has 0 aromatic rings. The molecule has 0 N–H and O–H groups in total. The average Bonchev–Trinajstić information content (AvgIpc) is 2.59. The molecule has 0 unspecified atom stereocenters. The minimum atomic E-state index is -0.389. The van der Waals surface area contributed by atoms with Gasteiger partial charge in [-0.05, 0) is 6.92 Å². The lowest BCUT2D eigenvalue weighted by Crippen LogP contribution is -2.34. The van der Waals surface area contributed by atoms with E-state index in [2.05, 4.69) is 0 Å². The Labute approximate surface area is 83.0 Å². The molecule has 13 heavy (non-hydrogen) atoms. The molecular formula is C9H14ClNO2. The van der Waals surface area contributed by atoms with Crippen molar-refractivity contribution in [1.29, 1.82) is 0 Å². The highest BCUT2D eigenvalue weighted by molar-refractivity contribution is 6.30. The number of likely N-dealkylation sites (tertiary alicyclic amines) is 1. The van der Waals surface area contributed by atoms with Crippen LogP contribution in [0.1, 0.15) is 6.92 Å². The maximum atomic E-state index is 11.5. The van der Waals surface area contributed by atoms with Gasteiger partial charge in [0.15, 0.2) is 0 Å². The van der Waals surface area contributed by atoms with Crippen LogP contribution in [0.25, 0.3) is 0 Å². The Morgan fingerprint density at radius 1 is 1.46 bits per heavy atom. The van der Waals surface area contributed by atoms with Crippen LogP contribution in [0.5, 0.6) is 0 Å². The molecule has 4 heteroatoms. The molecule has 3 nitrogen and oxygen atoms in total. The molecule has 0 aromatic carbocycles. The summed E-state index contributed by atoms with van der Waals surface area (Å²) in [5.41, 5.74) is 0. The summed E-state index contributed by atoms with van der Waals surface area (Å²) >= 11 is 5.74. The smallest absolute Gasteiger partial charge is 0.240 e. The number of rotatable bonds is 1. The summed E-state index contributed by atoms with van der Waals surface area (Å²) < 4.78 is 5.33. The van der Waals surface area contributed by atoms with E-state index in [1.165, 1.54) is 0 Å². The van der Waals surface area contributed by atoms with Crippen molar-refractivity contribution in [3.63, 3.8) is 0 Å². The molecular weight excluding hydrogens is 190 g/mol. The first-order chi connectivity index (χ1) is 6.18. The third-order valence-corrected chi connectivity index (χ3v) is 3.08. The van der Waals surface area contributed by atoms with Gasteiger partial charge in [-0.3, -0.25) is 4.79 Å². The number of nitrogens with zero attached hydrogens (tertiary/aromatic N) is 1. The van der Waals surface area contributed by atoms with Crippen molar-refractivity contribution >= 4 is 17.5 Å². The molecule has 2 aliphatic rings. The average molecular weight is 204 g/mol. The van der Waals surface area contributed by atoms with Crippen LogP contribution in [0.2, 0.25) is 0 Å². The van der Waals surface area contributed by atoms with Gasteiger partial charge in [0, 0.05) is 24.9 Å². The topological polar surface area (TPSA) is 29.5 Å². The quantitative estimate of drug-likeness (QED) is 0.588. The third-order valence-electron chi connectivity index (χ3n) is 2.89. The van der Waals surface area contributed by atoms with Gasteiger partial charge < -0.3 is 9.64 Å². The second-order valence-corrected chi connectivity index (χ2v) is 4.57. The lowest BCUT2D eigenvalue weighted by molar-refractivity contribution is -0.129. The first-order valence-electron chi connectivity index (χ1n) is 4.69. The Morgan fingerprint density at radius 3 is 2.46 bits per heavy atom. The fourth-order valence-electron chi connectivity index (χ4n) is 2.12. The number of fused-ring (bicyclic) bond motifs is 1. The molecule has 2 rings (SSSR count). The Hall–Kier alpha value is -0.280. The number of halogens is 1. The van der Waals surface area contributed by atoms with Gasteiger partial charge in [0.25, 0.3) is 0 Å². The fraction of sp³-hybridized carbons (Fsp3) is 0.889. The molecule has 1 amide bonds. The molecule has 0 radical (unpaired) electrons. The molecule has 74 valence electrons. The van der Waals surface area contributed by atoms with Gasteiger partial charge in [-0.2, -0.15) is 0 Å². The number of carbonyl (C=O) groups excluding carboxylic acids is 1. The van der Waals surface area contributed by atoms with Crippen molar-refractivity contribution in [3.8, 4) is 0 Å². The van der Waals surface area contributed by atoms with Crippen LogP contribution in [0.15, 0.2) is 0 Å². The summed E-state index contributed by atoms with van der Waals surface area (Å²) in [6, 6.07) is 0. The van der Waals surface area contributed by atoms with Crippen LogP contribution >= 0.6 is 11.6 Å². The zero-order valence-corrected chi connectivity index (χ0v) is 8.46. The van der Waals surface area contributed by atoms with Crippen LogP contribution in [-0.4, -0.2) is 42.5 Å². The van der Waals surface area contributed by atoms with Crippen molar-refractivity contribution in [2.75, 3.05) is 26.3 Å². The van der Waals surface area contributed by atoms with Crippen molar-refractivity contribution < 1.29 is 9.53 Å². The summed E-state index contributed by atoms with van der Waals surface area (Å²) in [5.74, 6) is 1.18. The second kappa shape index (κ2) is 3.46. The van der Waals surface area contributed by atoms with Crippen LogP contribution in [0.3, 0.4) is 0 Å². The van der Waals surface area contributed by atoms with Gasteiger partial charge in [-0.1, -0.05) is 0 Å². The van der Waals surface area contributed by atoms with E-state index in [9.17, 15) is 4.79 Å². The SMILES string of the molecule is C[C@H](Cl)C(=O)N1C[C@H]2COC[C@H]2C1. The summed E-state index contributed by atoms with van der Waals surface area (Å²) in [6.45, 7) is 5.02. The first-order valence-corrected chi connectivity index (χ1v) is 5.12. The van der Waals surface area contributed by atoms with E-state index in [4.69, 9.17) is 16.3 Å². The molecule has 0 spiro atoms. The van der Waals surface area contributed by atoms with Crippen molar-refractivity contribution in [1.82, 2.24) is 4.90 Å². The summed E-state index contributed by atoms with van der Waals surface area (Å²) in [5, 5.41) is -0.389. The predicted octanol–water partition coefficient (Wildman–Crippen LogP) is 0.719. The molecule has 2 fully saturated rings. The first kappa shape index (κ1) is 9.28. The Morgan fingerprint density at radius 2 is 2.00 bits per heavy atom. The molecule has 3 atom stereocenters. The van der Waals surface area contributed by atoms with Crippen LogP contribution in [0, 0.1) is 11.8 Å². The van der Waals surface area contributed by atoms with Gasteiger partial charge in [0.2, 0.25) is 5.91 Å². The van der Waals surface area contributed by atoms with Gasteiger partial charge in [0.1, 0.15) is 5.38 Å². The monoisotopic (exact) mass is 203 g/mol. The largest absolute Gasteiger partial charge is 0.381 e. The molecule has 2 saturated heterocycles. The van der Waals surface area contributed by atoms with Gasteiger partial charge in [0.05, 0.1) is 13.2 Å². The minimum absolute atomic E-state index is 0.0658. The Kier molecular flexibility index (Phi) is 2.47. The van der Waals surface area contributed by atoms with Crippen LogP contribution in [0.4, 0.5) is 0 Å². The van der Waals surface area contributed by atoms with E-state index in [1.807, 2.05) is 4.90 Å². The molecule has 0 aromatic heterocycles. The zero-order valence-electron chi connectivity index (χ0n) is 7.70. The van der Waals surface area contributed by atoms with Gasteiger partial charge >= 0.3 is 0 Å². The summed E-state index contributed by atoms with van der Waals surface area (Å²) in [7, 11) is 0. The van der Waals surface area contributed by atoms with Crippen molar-refractivity contribution in [2.24, 2.45) is 11.8 Å². The second-order valence-electron chi connectivity index (χ2n) is 3.92. The minimum Gasteiger partial charge on any atom is -0.381 e. The normalized spacial score (nSPS) is 34.8. The molecule has 2 aliphatic heterocycles. The fourth-order valence-corrected chi connectivity index (χ4v) is 2.26. The van der Waals surface area contributed by atoms with E-state index >= 15 is 0 Å². The highest BCUT2D eigenvalue weighted by Gasteiger charge is 2.39. The van der Waals surface area contributed by atoms with Gasteiger partial charge in [-0.25, -0.2) is 0 Å². The number of amides is 1. The zero-order chi connectivity index (χ0) is 9.42. The molecule has 0 bridgehead atoms. The number of ether oxygens (including phenoxy) is 1. The van der Waals surface area contributed by atoms with E-state index < -0.39 is 0 Å². The van der Waals surface area contributed by atoms with Gasteiger partial charge in [-0.15, -0.1) is 11.6 Å². The predicted molar refractivity (Wildman–Crippen MR) is 49.7 cm³/mol. The van der Waals surface area contributed by atoms with Crippen molar-refractivity contribution in [2.45, 2.75) is 12.3 Å². The third kappa shape index (κ3) is 1.67. The molecule has 2 heterocycles. The number of alkyl halides is 1. The highest BCUT2D eigenvalue weighted by Crippen LogP contribution is 2.29. The highest BCUT2D eigenvalue weighted by atomic mass is 35.5. The Bertz CT molecular complexity index is 208. The van der Waals surface area contributed by atoms with E-state index in [-0.39, 0.29) is 11.3 Å². The summed E-state index contributed by atoms with van der Waals surface area (Å²) in [4.78, 5) is 13.4. The summed E-state index contributed by atoms with van der Waals surface area (Å²) in [6.07, 6.45) is 0. The Balaban J connectivity index is 1.95. The lowest BCUT2D eigenvalue weighted by Gasteiger charge is -2.18.